The largest absolute Gasteiger partial charge is 0.393 e. The third-order valence-electron chi connectivity index (χ3n) is 2.74. The number of rotatable bonds is 5. The number of hydrogen-bond donors (Lipinski definition) is 1. The number of hydrogen-bond acceptors (Lipinski definition) is 6. The lowest BCUT2D eigenvalue weighted by Gasteiger charge is -2.05. The molecule has 0 aliphatic rings. The van der Waals surface area contributed by atoms with E-state index in [0.29, 0.717) is 10.6 Å². The van der Waals surface area contributed by atoms with E-state index < -0.39 is 15.5 Å². The molecular formula is C13H11N3O4S. The third kappa shape index (κ3) is 3.48. The molecule has 0 spiro atoms. The van der Waals surface area contributed by atoms with Crippen molar-refractivity contribution in [2.24, 2.45) is 0 Å². The first kappa shape index (κ1) is 14.8. The van der Waals surface area contributed by atoms with Gasteiger partial charge in [-0.25, -0.2) is 0 Å². The zero-order chi connectivity index (χ0) is 15.4. The van der Waals surface area contributed by atoms with Crippen LogP contribution >= 0.6 is 11.8 Å². The second-order valence-electron chi connectivity index (χ2n) is 4.17. The molecule has 21 heavy (non-hydrogen) atoms. The molecule has 8 heteroatoms. The molecule has 0 aliphatic heterocycles. The van der Waals surface area contributed by atoms with Crippen molar-refractivity contribution in [2.45, 2.75) is 10.6 Å². The standard InChI is InChI=1S/C13H11N3O4S/c14-10-6-13(21-8-9-4-2-1-3-5-9)12(16(19)20)7-11(10)15(17)18/h1-7H,8,14H2. The monoisotopic (exact) mass is 305 g/mol. The molecular weight excluding hydrogens is 294 g/mol. The highest BCUT2D eigenvalue weighted by Gasteiger charge is 2.23. The van der Waals surface area contributed by atoms with Gasteiger partial charge in [0.25, 0.3) is 11.4 Å². The third-order valence-corrected chi connectivity index (χ3v) is 3.85. The van der Waals surface area contributed by atoms with Crippen molar-refractivity contribution < 1.29 is 9.85 Å². The van der Waals surface area contributed by atoms with Gasteiger partial charge in [0.2, 0.25) is 0 Å². The first-order chi connectivity index (χ1) is 9.99. The van der Waals surface area contributed by atoms with Gasteiger partial charge in [0.1, 0.15) is 5.69 Å². The van der Waals surface area contributed by atoms with Crippen molar-refractivity contribution in [2.75, 3.05) is 5.73 Å². The molecule has 0 saturated heterocycles. The Morgan fingerprint density at radius 2 is 1.62 bits per heavy atom. The smallest absolute Gasteiger partial charge is 0.299 e. The van der Waals surface area contributed by atoms with Crippen molar-refractivity contribution in [1.29, 1.82) is 0 Å². The molecule has 7 nitrogen and oxygen atoms in total. The summed E-state index contributed by atoms with van der Waals surface area (Å²) >= 11 is 1.22. The molecule has 0 aromatic heterocycles. The molecule has 0 radical (unpaired) electrons. The lowest BCUT2D eigenvalue weighted by atomic mass is 10.2. The number of nitro groups is 2. The van der Waals surface area contributed by atoms with E-state index in [1.165, 1.54) is 17.8 Å². The summed E-state index contributed by atoms with van der Waals surface area (Å²) in [5.41, 5.74) is 5.73. The van der Waals surface area contributed by atoms with Crippen molar-refractivity contribution in [3.8, 4) is 0 Å². The van der Waals surface area contributed by atoms with Crippen LogP contribution in [-0.4, -0.2) is 9.85 Å². The van der Waals surface area contributed by atoms with Gasteiger partial charge < -0.3 is 5.73 Å². The summed E-state index contributed by atoms with van der Waals surface area (Å²) in [6, 6.07) is 11.6. The predicted molar refractivity (Wildman–Crippen MR) is 80.2 cm³/mol. The summed E-state index contributed by atoms with van der Waals surface area (Å²) in [6.07, 6.45) is 0. The van der Waals surface area contributed by atoms with Crippen LogP contribution in [0.4, 0.5) is 17.1 Å². The molecule has 108 valence electrons. The Bertz CT molecular complexity index is 691. The summed E-state index contributed by atoms with van der Waals surface area (Å²) in [4.78, 5) is 20.8. The lowest BCUT2D eigenvalue weighted by molar-refractivity contribution is -0.395. The first-order valence-electron chi connectivity index (χ1n) is 5.88. The topological polar surface area (TPSA) is 112 Å². The van der Waals surface area contributed by atoms with Gasteiger partial charge in [0.05, 0.1) is 20.8 Å². The van der Waals surface area contributed by atoms with Gasteiger partial charge in [-0.2, -0.15) is 0 Å². The van der Waals surface area contributed by atoms with Crippen molar-refractivity contribution >= 4 is 28.8 Å². The number of nitro benzene ring substituents is 2. The number of thioether (sulfide) groups is 1. The van der Waals surface area contributed by atoms with E-state index in [1.807, 2.05) is 30.3 Å². The Hall–Kier alpha value is -2.61. The molecule has 2 N–H and O–H groups in total. The molecule has 2 aromatic carbocycles. The summed E-state index contributed by atoms with van der Waals surface area (Å²) < 4.78 is 0. The van der Waals surface area contributed by atoms with Gasteiger partial charge in [0, 0.05) is 5.75 Å². The molecule has 0 unspecified atom stereocenters. The maximum Gasteiger partial charge on any atom is 0.299 e. The van der Waals surface area contributed by atoms with Crippen LogP contribution in [0.3, 0.4) is 0 Å². The SMILES string of the molecule is Nc1cc(SCc2ccccc2)c([N+](=O)[O-])cc1[N+](=O)[O-]. The van der Waals surface area contributed by atoms with Crippen LogP contribution in [-0.2, 0) is 5.75 Å². The number of nitrogen functional groups attached to an aromatic ring is 1. The Morgan fingerprint density at radius 3 is 2.19 bits per heavy atom. The van der Waals surface area contributed by atoms with Crippen LogP contribution in [0.2, 0.25) is 0 Å². The van der Waals surface area contributed by atoms with Crippen molar-refractivity contribution in [3.63, 3.8) is 0 Å². The molecule has 0 amide bonds. The van der Waals surface area contributed by atoms with E-state index >= 15 is 0 Å². The summed E-state index contributed by atoms with van der Waals surface area (Å²) in [5.74, 6) is 0.513. The quantitative estimate of drug-likeness (QED) is 0.392. The second kappa shape index (κ2) is 6.23. The normalized spacial score (nSPS) is 10.3. The van der Waals surface area contributed by atoms with Crippen LogP contribution in [0.5, 0.6) is 0 Å². The van der Waals surface area contributed by atoms with Crippen LogP contribution in [0.15, 0.2) is 47.4 Å². The fourth-order valence-corrected chi connectivity index (χ4v) is 2.73. The Morgan fingerprint density at radius 1 is 1.00 bits per heavy atom. The molecule has 0 fully saturated rings. The highest BCUT2D eigenvalue weighted by Crippen LogP contribution is 2.37. The maximum absolute atomic E-state index is 11.0. The summed E-state index contributed by atoms with van der Waals surface area (Å²) in [7, 11) is 0. The van der Waals surface area contributed by atoms with E-state index in [-0.39, 0.29) is 11.4 Å². The second-order valence-corrected chi connectivity index (χ2v) is 5.18. The average Bonchev–Trinajstić information content (AvgIpc) is 2.45. The van der Waals surface area contributed by atoms with Crippen LogP contribution in [0, 0.1) is 20.2 Å². The minimum Gasteiger partial charge on any atom is -0.393 e. The highest BCUT2D eigenvalue weighted by atomic mass is 32.2. The number of anilines is 1. The molecule has 0 saturated carbocycles. The average molecular weight is 305 g/mol. The van der Waals surface area contributed by atoms with E-state index in [0.717, 1.165) is 11.6 Å². The minimum atomic E-state index is -0.728. The fraction of sp³-hybridized carbons (Fsp3) is 0.0769. The van der Waals surface area contributed by atoms with Gasteiger partial charge in [-0.1, -0.05) is 30.3 Å². The first-order valence-corrected chi connectivity index (χ1v) is 6.86. The van der Waals surface area contributed by atoms with Crippen molar-refractivity contribution in [3.05, 3.63) is 68.3 Å². The van der Waals surface area contributed by atoms with Gasteiger partial charge in [-0.3, -0.25) is 20.2 Å². The molecule has 2 rings (SSSR count). The summed E-state index contributed by atoms with van der Waals surface area (Å²) in [6.45, 7) is 0. The molecule has 0 aliphatic carbocycles. The van der Waals surface area contributed by atoms with E-state index in [9.17, 15) is 20.2 Å². The Balaban J connectivity index is 2.32. The number of nitrogens with zero attached hydrogens (tertiary/aromatic N) is 2. The van der Waals surface area contributed by atoms with E-state index in [4.69, 9.17) is 5.73 Å². The van der Waals surface area contributed by atoms with Crippen LogP contribution in [0.25, 0.3) is 0 Å². The Labute approximate surface area is 124 Å². The molecule has 0 bridgehead atoms. The van der Waals surface area contributed by atoms with Crippen LogP contribution < -0.4 is 5.73 Å². The maximum atomic E-state index is 11.0. The molecule has 0 atom stereocenters. The molecule has 0 heterocycles. The van der Waals surface area contributed by atoms with Gasteiger partial charge in [-0.15, -0.1) is 11.8 Å². The van der Waals surface area contributed by atoms with Crippen molar-refractivity contribution in [1.82, 2.24) is 0 Å². The predicted octanol–water partition coefficient (Wildman–Crippen LogP) is 3.38. The molecule has 2 aromatic rings. The zero-order valence-electron chi connectivity index (χ0n) is 10.8. The fourth-order valence-electron chi connectivity index (χ4n) is 1.72. The Kier molecular flexibility index (Phi) is 4.39. The zero-order valence-corrected chi connectivity index (χ0v) is 11.6. The number of nitrogens with two attached hydrogens (primary N) is 1. The lowest BCUT2D eigenvalue weighted by Crippen LogP contribution is -1.99. The highest BCUT2D eigenvalue weighted by molar-refractivity contribution is 7.98. The number of benzene rings is 2. The van der Waals surface area contributed by atoms with E-state index in [2.05, 4.69) is 0 Å². The van der Waals surface area contributed by atoms with Crippen LogP contribution in [0.1, 0.15) is 5.56 Å². The van der Waals surface area contributed by atoms with E-state index in [1.54, 1.807) is 0 Å². The van der Waals surface area contributed by atoms with Gasteiger partial charge >= 0.3 is 0 Å². The van der Waals surface area contributed by atoms with Gasteiger partial charge in [0.15, 0.2) is 0 Å². The summed E-state index contributed by atoms with van der Waals surface area (Å²) in [5, 5.41) is 21.8. The minimum absolute atomic E-state index is 0.0823. The van der Waals surface area contributed by atoms with Gasteiger partial charge in [-0.05, 0) is 11.6 Å².